The van der Waals surface area contributed by atoms with E-state index in [0.717, 1.165) is 19.4 Å². The van der Waals surface area contributed by atoms with Gasteiger partial charge in [0.25, 0.3) is 0 Å². The molecular weight excluding hydrogens is 200 g/mol. The van der Waals surface area contributed by atoms with Gasteiger partial charge in [0.1, 0.15) is 0 Å². The fraction of sp³-hybridized carbons (Fsp3) is 0.615. The van der Waals surface area contributed by atoms with Crippen LogP contribution >= 0.6 is 0 Å². The van der Waals surface area contributed by atoms with E-state index in [4.69, 9.17) is 0 Å². The van der Waals surface area contributed by atoms with E-state index in [0.29, 0.717) is 6.42 Å². The van der Waals surface area contributed by atoms with Crippen LogP contribution in [0, 0.1) is 0 Å². The number of unbranched alkanes of at least 4 members (excludes halogenated alkanes) is 2. The molecule has 0 radical (unpaired) electrons. The average Bonchev–Trinajstić information content (AvgIpc) is 2.67. The Morgan fingerprint density at radius 1 is 1.44 bits per heavy atom. The molecule has 0 aliphatic carbocycles. The molecule has 0 fully saturated rings. The largest absolute Gasteiger partial charge is 0.356 e. The summed E-state index contributed by atoms with van der Waals surface area (Å²) in [6, 6.07) is 4.07. The van der Waals surface area contributed by atoms with Crippen LogP contribution in [0.3, 0.4) is 0 Å². The van der Waals surface area contributed by atoms with Gasteiger partial charge in [0, 0.05) is 31.9 Å². The topological polar surface area (TPSA) is 34.0 Å². The van der Waals surface area contributed by atoms with Crippen molar-refractivity contribution in [3.05, 3.63) is 24.0 Å². The Hall–Kier alpha value is -1.25. The molecule has 1 N–H and O–H groups in total. The predicted octanol–water partition coefficient (Wildman–Crippen LogP) is 2.26. The van der Waals surface area contributed by atoms with Gasteiger partial charge in [-0.2, -0.15) is 0 Å². The van der Waals surface area contributed by atoms with Gasteiger partial charge >= 0.3 is 0 Å². The van der Waals surface area contributed by atoms with E-state index >= 15 is 0 Å². The van der Waals surface area contributed by atoms with Crippen molar-refractivity contribution < 1.29 is 4.79 Å². The van der Waals surface area contributed by atoms with E-state index < -0.39 is 0 Å². The maximum atomic E-state index is 11.5. The Kier molecular flexibility index (Phi) is 5.68. The lowest BCUT2D eigenvalue weighted by Crippen LogP contribution is -2.24. The summed E-state index contributed by atoms with van der Waals surface area (Å²) in [6.07, 6.45) is 6.89. The van der Waals surface area contributed by atoms with Crippen molar-refractivity contribution in [2.24, 2.45) is 7.05 Å². The molecule has 0 spiro atoms. The number of nitrogens with zero attached hydrogens (tertiary/aromatic N) is 1. The summed E-state index contributed by atoms with van der Waals surface area (Å²) in [7, 11) is 2.01. The fourth-order valence-corrected chi connectivity index (χ4v) is 1.69. The average molecular weight is 222 g/mol. The molecule has 0 atom stereocenters. The van der Waals surface area contributed by atoms with Gasteiger partial charge in [0.05, 0.1) is 0 Å². The molecule has 1 aromatic rings. The third kappa shape index (κ3) is 4.51. The number of rotatable bonds is 7. The molecule has 0 saturated carbocycles. The number of aryl methyl sites for hydroxylation is 2. The lowest BCUT2D eigenvalue weighted by Gasteiger charge is -2.05. The molecule has 90 valence electrons. The van der Waals surface area contributed by atoms with Crippen LogP contribution in [0.5, 0.6) is 0 Å². The van der Waals surface area contributed by atoms with Gasteiger partial charge in [0.2, 0.25) is 5.91 Å². The molecule has 3 heteroatoms. The van der Waals surface area contributed by atoms with E-state index in [9.17, 15) is 4.79 Å². The zero-order valence-electron chi connectivity index (χ0n) is 10.3. The quantitative estimate of drug-likeness (QED) is 0.705. The van der Waals surface area contributed by atoms with Crippen LogP contribution in [0.25, 0.3) is 0 Å². The summed E-state index contributed by atoms with van der Waals surface area (Å²) >= 11 is 0. The van der Waals surface area contributed by atoms with E-state index in [1.165, 1.54) is 18.5 Å². The van der Waals surface area contributed by atoms with Crippen LogP contribution in [-0.4, -0.2) is 17.0 Å². The first-order valence-corrected chi connectivity index (χ1v) is 6.11. The third-order valence-corrected chi connectivity index (χ3v) is 2.76. The van der Waals surface area contributed by atoms with Crippen LogP contribution in [0.15, 0.2) is 18.3 Å². The molecule has 3 nitrogen and oxygen atoms in total. The molecule has 1 heterocycles. The van der Waals surface area contributed by atoms with Crippen molar-refractivity contribution in [2.45, 2.75) is 39.0 Å². The van der Waals surface area contributed by atoms with Crippen molar-refractivity contribution >= 4 is 5.91 Å². The number of amides is 1. The second-order valence-corrected chi connectivity index (χ2v) is 4.17. The lowest BCUT2D eigenvalue weighted by molar-refractivity contribution is -0.121. The molecule has 0 unspecified atom stereocenters. The lowest BCUT2D eigenvalue weighted by atomic mass is 10.2. The SMILES string of the molecule is CCCCCNC(=O)CCc1cccn1C. The zero-order valence-corrected chi connectivity index (χ0v) is 10.3. The summed E-state index contributed by atoms with van der Waals surface area (Å²) in [6.45, 7) is 2.98. The minimum Gasteiger partial charge on any atom is -0.356 e. The second-order valence-electron chi connectivity index (χ2n) is 4.17. The predicted molar refractivity (Wildman–Crippen MR) is 66.3 cm³/mol. The van der Waals surface area contributed by atoms with E-state index in [-0.39, 0.29) is 5.91 Å². The minimum atomic E-state index is 0.164. The smallest absolute Gasteiger partial charge is 0.220 e. The van der Waals surface area contributed by atoms with Crippen LogP contribution < -0.4 is 5.32 Å². The highest BCUT2D eigenvalue weighted by Crippen LogP contribution is 2.03. The minimum absolute atomic E-state index is 0.164. The van der Waals surface area contributed by atoms with E-state index in [2.05, 4.69) is 22.9 Å². The van der Waals surface area contributed by atoms with Gasteiger partial charge in [0.15, 0.2) is 0 Å². The van der Waals surface area contributed by atoms with Gasteiger partial charge in [-0.25, -0.2) is 0 Å². The fourth-order valence-electron chi connectivity index (χ4n) is 1.69. The number of carbonyl (C=O) groups is 1. The van der Waals surface area contributed by atoms with Crippen LogP contribution in [0.1, 0.15) is 38.3 Å². The number of hydrogen-bond donors (Lipinski definition) is 1. The van der Waals surface area contributed by atoms with Gasteiger partial charge < -0.3 is 9.88 Å². The number of nitrogens with one attached hydrogen (secondary N) is 1. The highest BCUT2D eigenvalue weighted by atomic mass is 16.1. The zero-order chi connectivity index (χ0) is 11.8. The maximum Gasteiger partial charge on any atom is 0.220 e. The summed E-state index contributed by atoms with van der Waals surface area (Å²) in [5.74, 6) is 0.164. The Labute approximate surface area is 97.8 Å². The molecule has 1 rings (SSSR count). The van der Waals surface area contributed by atoms with Crippen LogP contribution in [0.4, 0.5) is 0 Å². The molecule has 1 amide bonds. The standard InChI is InChI=1S/C13H22N2O/c1-3-4-5-10-14-13(16)9-8-12-7-6-11-15(12)2/h6-7,11H,3-5,8-10H2,1-2H3,(H,14,16). The third-order valence-electron chi connectivity index (χ3n) is 2.76. The number of aromatic nitrogens is 1. The molecule has 0 saturated heterocycles. The molecule has 0 aromatic carbocycles. The summed E-state index contributed by atoms with van der Waals surface area (Å²) < 4.78 is 2.06. The summed E-state index contributed by atoms with van der Waals surface area (Å²) in [5, 5.41) is 2.95. The second kappa shape index (κ2) is 7.09. The maximum absolute atomic E-state index is 11.5. The first kappa shape index (κ1) is 12.8. The molecule has 16 heavy (non-hydrogen) atoms. The van der Waals surface area contributed by atoms with Crippen LogP contribution in [0.2, 0.25) is 0 Å². The monoisotopic (exact) mass is 222 g/mol. The number of carbonyl (C=O) groups excluding carboxylic acids is 1. The highest BCUT2D eigenvalue weighted by molar-refractivity contribution is 5.76. The Morgan fingerprint density at radius 3 is 2.88 bits per heavy atom. The molecule has 0 aliphatic heterocycles. The molecular formula is C13H22N2O. The van der Waals surface area contributed by atoms with Gasteiger partial charge in [-0.3, -0.25) is 4.79 Å². The van der Waals surface area contributed by atoms with Gasteiger partial charge in [-0.05, 0) is 25.0 Å². The Bertz CT molecular complexity index is 317. The first-order chi connectivity index (χ1) is 7.74. The highest BCUT2D eigenvalue weighted by Gasteiger charge is 2.03. The Balaban J connectivity index is 2.13. The molecule has 0 aliphatic rings. The Morgan fingerprint density at radius 2 is 2.25 bits per heavy atom. The van der Waals surface area contributed by atoms with E-state index in [1.54, 1.807) is 0 Å². The van der Waals surface area contributed by atoms with Crippen molar-refractivity contribution in [3.63, 3.8) is 0 Å². The van der Waals surface area contributed by atoms with Crippen molar-refractivity contribution in [2.75, 3.05) is 6.54 Å². The first-order valence-electron chi connectivity index (χ1n) is 6.11. The van der Waals surface area contributed by atoms with Gasteiger partial charge in [-0.15, -0.1) is 0 Å². The van der Waals surface area contributed by atoms with Crippen LogP contribution in [-0.2, 0) is 18.3 Å². The normalized spacial score (nSPS) is 10.4. The number of hydrogen-bond acceptors (Lipinski definition) is 1. The summed E-state index contributed by atoms with van der Waals surface area (Å²) in [4.78, 5) is 11.5. The van der Waals surface area contributed by atoms with E-state index in [1.807, 2.05) is 19.3 Å². The summed E-state index contributed by atoms with van der Waals surface area (Å²) in [5.41, 5.74) is 1.21. The van der Waals surface area contributed by atoms with Gasteiger partial charge in [-0.1, -0.05) is 19.8 Å². The molecule has 0 bridgehead atoms. The van der Waals surface area contributed by atoms with Crippen molar-refractivity contribution in [3.8, 4) is 0 Å². The molecule has 1 aromatic heterocycles. The van der Waals surface area contributed by atoms with Crippen molar-refractivity contribution in [1.82, 2.24) is 9.88 Å². The van der Waals surface area contributed by atoms with Crippen molar-refractivity contribution in [1.29, 1.82) is 0 Å².